The molecule has 1 aliphatic heterocycles. The van der Waals surface area contributed by atoms with Crippen molar-refractivity contribution in [3.63, 3.8) is 0 Å². The fraction of sp³-hybridized carbons (Fsp3) is 1.00. The molecule has 8 N–H and O–H groups in total. The molecule has 0 spiro atoms. The lowest BCUT2D eigenvalue weighted by Crippen LogP contribution is -2.58. The van der Waals surface area contributed by atoms with E-state index in [9.17, 15) is 25.5 Å². The Balaban J connectivity index is 2.53. The topological polar surface area (TPSA) is 157 Å². The molecule has 0 radical (unpaired) electrons. The minimum atomic E-state index is -1.43. The maximum atomic E-state index is 9.84. The van der Waals surface area contributed by atoms with Crippen molar-refractivity contribution in [2.75, 3.05) is 12.4 Å². The summed E-state index contributed by atoms with van der Waals surface area (Å²) in [4.78, 5) is 0. The summed E-state index contributed by atoms with van der Waals surface area (Å²) in [5, 5.41) is 57.5. The van der Waals surface area contributed by atoms with Gasteiger partial charge in [-0.1, -0.05) is 6.92 Å². The number of hydrogen-bond acceptors (Lipinski definition) is 9. The van der Waals surface area contributed by atoms with Gasteiger partial charge in [-0.2, -0.15) is 0 Å². The fourth-order valence-electron chi connectivity index (χ4n) is 2.04. The van der Waals surface area contributed by atoms with E-state index in [1.807, 2.05) is 0 Å². The van der Waals surface area contributed by atoms with Crippen LogP contribution < -0.4 is 5.73 Å². The van der Waals surface area contributed by atoms with Crippen LogP contribution in [0.25, 0.3) is 0 Å². The van der Waals surface area contributed by atoms with Crippen LogP contribution in [0.3, 0.4) is 0 Å². The summed E-state index contributed by atoms with van der Waals surface area (Å²) in [5.74, 6) is 0.168. The van der Waals surface area contributed by atoms with Gasteiger partial charge in [-0.25, -0.2) is 0 Å². The molecule has 0 saturated carbocycles. The number of thioether (sulfide) groups is 1. The van der Waals surface area contributed by atoms with Gasteiger partial charge in [0.25, 0.3) is 0 Å². The molecule has 0 amide bonds. The van der Waals surface area contributed by atoms with Crippen molar-refractivity contribution in [2.24, 2.45) is 5.73 Å². The lowest BCUT2D eigenvalue weighted by Gasteiger charge is -2.40. The monoisotopic (exact) mass is 327 g/mol. The molecule has 0 aliphatic carbocycles. The Morgan fingerprint density at radius 2 is 1.76 bits per heavy atom. The Bertz CT molecular complexity index is 309. The molecule has 0 aromatic rings. The van der Waals surface area contributed by atoms with E-state index in [1.165, 1.54) is 0 Å². The van der Waals surface area contributed by atoms with E-state index in [4.69, 9.17) is 15.6 Å². The van der Waals surface area contributed by atoms with Gasteiger partial charge in [-0.15, -0.1) is 11.8 Å². The van der Waals surface area contributed by atoms with Crippen molar-refractivity contribution in [2.45, 2.75) is 61.4 Å². The summed E-state index contributed by atoms with van der Waals surface area (Å²) in [7, 11) is 0. The Morgan fingerprint density at radius 1 is 1.14 bits per heavy atom. The second kappa shape index (κ2) is 8.61. The van der Waals surface area contributed by atoms with Crippen molar-refractivity contribution >= 4 is 11.8 Å². The third-order valence-corrected chi connectivity index (χ3v) is 4.85. The van der Waals surface area contributed by atoms with Crippen molar-refractivity contribution in [3.8, 4) is 0 Å². The molecule has 1 saturated heterocycles. The molecule has 1 heterocycles. The molecule has 0 aromatic carbocycles. The number of ether oxygens (including phenoxy) is 1. The molecular formula is C12H25NO7S. The average molecular weight is 327 g/mol. The van der Waals surface area contributed by atoms with Crippen LogP contribution in [-0.2, 0) is 4.74 Å². The molecular weight excluding hydrogens is 302 g/mol. The number of hydrogen-bond donors (Lipinski definition) is 7. The molecule has 0 bridgehead atoms. The van der Waals surface area contributed by atoms with E-state index in [0.717, 1.165) is 11.8 Å². The second-order valence-corrected chi connectivity index (χ2v) is 6.29. The van der Waals surface area contributed by atoms with Crippen molar-refractivity contribution in [3.05, 3.63) is 0 Å². The molecule has 1 aliphatic rings. The largest absolute Gasteiger partial charge is 0.394 e. The van der Waals surface area contributed by atoms with Gasteiger partial charge in [0, 0.05) is 11.8 Å². The van der Waals surface area contributed by atoms with Crippen molar-refractivity contribution < 1.29 is 35.4 Å². The van der Waals surface area contributed by atoms with E-state index < -0.39 is 54.7 Å². The Morgan fingerprint density at radius 3 is 2.29 bits per heavy atom. The van der Waals surface area contributed by atoms with Gasteiger partial charge in [0.15, 0.2) is 0 Å². The zero-order valence-corrected chi connectivity index (χ0v) is 12.6. The van der Waals surface area contributed by atoms with Crippen LogP contribution in [0.15, 0.2) is 0 Å². The lowest BCUT2D eigenvalue weighted by atomic mass is 10.0. The number of nitrogens with two attached hydrogens (primary N) is 1. The maximum Gasteiger partial charge on any atom is 0.132 e. The molecule has 0 aromatic heterocycles. The van der Waals surface area contributed by atoms with Crippen LogP contribution >= 0.6 is 11.8 Å². The molecule has 8 atom stereocenters. The first-order valence-electron chi connectivity index (χ1n) is 6.87. The molecule has 8 unspecified atom stereocenters. The quantitative estimate of drug-likeness (QED) is 0.258. The maximum absolute atomic E-state index is 9.84. The molecule has 8 nitrogen and oxygen atoms in total. The van der Waals surface area contributed by atoms with Gasteiger partial charge in [0.1, 0.15) is 29.9 Å². The standard InChI is InChI=1S/C12H25NO7S/c1-2-6(15)8(16)5(13)4-21-12-11(19)10(18)9(17)7(3-14)20-12/h5-12,14-19H,2-4,13H2,1H3. The van der Waals surface area contributed by atoms with Gasteiger partial charge in [-0.05, 0) is 6.42 Å². The highest BCUT2D eigenvalue weighted by atomic mass is 32.2. The highest BCUT2D eigenvalue weighted by Gasteiger charge is 2.43. The van der Waals surface area contributed by atoms with Gasteiger partial charge >= 0.3 is 0 Å². The van der Waals surface area contributed by atoms with Gasteiger partial charge < -0.3 is 41.1 Å². The third kappa shape index (κ3) is 4.75. The number of rotatable bonds is 7. The summed E-state index contributed by atoms with van der Waals surface area (Å²) >= 11 is 1.04. The van der Waals surface area contributed by atoms with Crippen molar-refractivity contribution in [1.29, 1.82) is 0 Å². The minimum Gasteiger partial charge on any atom is -0.394 e. The smallest absolute Gasteiger partial charge is 0.132 e. The molecule has 9 heteroatoms. The van der Waals surface area contributed by atoms with Crippen molar-refractivity contribution in [1.82, 2.24) is 0 Å². The van der Waals surface area contributed by atoms with E-state index in [0.29, 0.717) is 6.42 Å². The number of aliphatic hydroxyl groups excluding tert-OH is 6. The Labute approximate surface area is 127 Å². The Kier molecular flexibility index (Phi) is 7.82. The lowest BCUT2D eigenvalue weighted by molar-refractivity contribution is -0.205. The zero-order valence-electron chi connectivity index (χ0n) is 11.8. The van der Waals surface area contributed by atoms with Crippen LogP contribution in [0.5, 0.6) is 0 Å². The van der Waals surface area contributed by atoms with Crippen LogP contribution in [-0.4, -0.2) is 91.1 Å². The molecule has 21 heavy (non-hydrogen) atoms. The zero-order chi connectivity index (χ0) is 16.2. The van der Waals surface area contributed by atoms with Gasteiger partial charge in [-0.3, -0.25) is 0 Å². The summed E-state index contributed by atoms with van der Waals surface area (Å²) in [5.41, 5.74) is 4.86. The van der Waals surface area contributed by atoms with E-state index in [1.54, 1.807) is 6.92 Å². The van der Waals surface area contributed by atoms with E-state index >= 15 is 0 Å². The second-order valence-electron chi connectivity index (χ2n) is 5.16. The van der Waals surface area contributed by atoms with Crippen LogP contribution in [0.4, 0.5) is 0 Å². The fourth-order valence-corrected chi connectivity index (χ4v) is 3.23. The first-order chi connectivity index (χ1) is 9.83. The highest BCUT2D eigenvalue weighted by molar-refractivity contribution is 7.99. The predicted octanol–water partition coefficient (Wildman–Crippen LogP) is -3.02. The highest BCUT2D eigenvalue weighted by Crippen LogP contribution is 2.29. The average Bonchev–Trinajstić information content (AvgIpc) is 2.50. The third-order valence-electron chi connectivity index (χ3n) is 3.55. The molecule has 1 rings (SSSR count). The summed E-state index contributed by atoms with van der Waals surface area (Å²) in [6, 6.07) is -0.739. The SMILES string of the molecule is CCC(O)C(O)C(N)CSC1OC(CO)C(O)C(O)C1O. The predicted molar refractivity (Wildman–Crippen MR) is 76.5 cm³/mol. The normalized spacial score (nSPS) is 38.0. The van der Waals surface area contributed by atoms with Crippen LogP contribution in [0.1, 0.15) is 13.3 Å². The van der Waals surface area contributed by atoms with E-state index in [-0.39, 0.29) is 5.75 Å². The summed E-state index contributed by atoms with van der Waals surface area (Å²) in [6.07, 6.45) is -6.82. The van der Waals surface area contributed by atoms with Crippen LogP contribution in [0, 0.1) is 0 Å². The van der Waals surface area contributed by atoms with Gasteiger partial charge in [0.05, 0.1) is 18.8 Å². The summed E-state index contributed by atoms with van der Waals surface area (Å²) < 4.78 is 5.30. The first kappa shape index (κ1) is 19.1. The van der Waals surface area contributed by atoms with Crippen LogP contribution in [0.2, 0.25) is 0 Å². The first-order valence-corrected chi connectivity index (χ1v) is 7.92. The summed E-state index contributed by atoms with van der Waals surface area (Å²) in [6.45, 7) is 1.22. The van der Waals surface area contributed by atoms with Gasteiger partial charge in [0.2, 0.25) is 0 Å². The Hall–Kier alpha value is 0.0300. The minimum absolute atomic E-state index is 0.168. The molecule has 1 fully saturated rings. The molecule has 126 valence electrons. The van der Waals surface area contributed by atoms with E-state index in [2.05, 4.69) is 0 Å². The number of aliphatic hydroxyl groups is 6.